The van der Waals surface area contributed by atoms with E-state index in [1.165, 1.54) is 5.57 Å². The van der Waals surface area contributed by atoms with Gasteiger partial charge in [0.1, 0.15) is 5.52 Å². The fraction of sp³-hybridized carbons (Fsp3) is 0.130. The molecule has 3 N–H and O–H groups in total. The molecule has 1 aliphatic rings. The molecular formula is C23H19N5OS. The van der Waals surface area contributed by atoms with E-state index >= 15 is 0 Å². The minimum Gasteiger partial charge on any atom is -0.382 e. The van der Waals surface area contributed by atoms with Crippen LogP contribution in [0.2, 0.25) is 0 Å². The zero-order valence-corrected chi connectivity index (χ0v) is 16.9. The first-order valence-electron chi connectivity index (χ1n) is 9.70. The highest BCUT2D eigenvalue weighted by Crippen LogP contribution is 2.34. The molecule has 6 nitrogen and oxygen atoms in total. The Bertz CT molecular complexity index is 1320. The minimum atomic E-state index is -0.0823. The highest BCUT2D eigenvalue weighted by Gasteiger charge is 2.14. The summed E-state index contributed by atoms with van der Waals surface area (Å²) < 4.78 is 1.03. The van der Waals surface area contributed by atoms with Crippen molar-refractivity contribution >= 4 is 56.0 Å². The molecule has 4 aromatic rings. The summed E-state index contributed by atoms with van der Waals surface area (Å²) in [5.41, 5.74) is 10.7. The maximum atomic E-state index is 12.2. The van der Waals surface area contributed by atoms with Gasteiger partial charge in [-0.25, -0.2) is 9.97 Å². The second-order valence-corrected chi connectivity index (χ2v) is 8.15. The van der Waals surface area contributed by atoms with Gasteiger partial charge in [0.05, 0.1) is 21.8 Å². The van der Waals surface area contributed by atoms with Crippen LogP contribution in [0.3, 0.4) is 0 Å². The minimum absolute atomic E-state index is 0.0823. The number of carbonyl (C=O) groups excluding carboxylic acids is 1. The lowest BCUT2D eigenvalue weighted by Gasteiger charge is -2.05. The number of benzene rings is 2. The number of rotatable bonds is 5. The van der Waals surface area contributed by atoms with Crippen LogP contribution in [0, 0.1) is 0 Å². The molecule has 5 rings (SSSR count). The lowest BCUT2D eigenvalue weighted by Crippen LogP contribution is -2.25. The molecule has 0 fully saturated rings. The van der Waals surface area contributed by atoms with Gasteiger partial charge in [-0.15, -0.1) is 11.3 Å². The molecule has 0 saturated heterocycles. The molecule has 0 spiro atoms. The van der Waals surface area contributed by atoms with Gasteiger partial charge in [-0.05, 0) is 35.4 Å². The van der Waals surface area contributed by atoms with Gasteiger partial charge >= 0.3 is 0 Å². The Balaban J connectivity index is 1.38. The highest BCUT2D eigenvalue weighted by molar-refractivity contribution is 7.19. The lowest BCUT2D eigenvalue weighted by atomic mass is 10.0. The van der Waals surface area contributed by atoms with Crippen molar-refractivity contribution in [3.63, 3.8) is 0 Å². The number of nitrogens with one attached hydrogen (secondary N) is 1. The van der Waals surface area contributed by atoms with Gasteiger partial charge in [-0.2, -0.15) is 0 Å². The zero-order chi connectivity index (χ0) is 20.5. The molecule has 30 heavy (non-hydrogen) atoms. The number of nitrogen functional groups attached to an aromatic ring is 1. The standard InChI is InChI=1S/C23H19N5OS/c24-22-20-21(17-7-6-15(12-18(17)27-22)16-8-10-25-13-16)30-19(28-20)9-11-26-23(29)14-4-2-1-3-5-14/h1-8,10,12H,9,11,13H2,(H2,24,27)(H,26,29). The van der Waals surface area contributed by atoms with E-state index in [1.54, 1.807) is 23.5 Å². The van der Waals surface area contributed by atoms with E-state index in [0.717, 1.165) is 31.7 Å². The summed E-state index contributed by atoms with van der Waals surface area (Å²) in [6.45, 7) is 1.21. The molecule has 0 bridgehead atoms. The summed E-state index contributed by atoms with van der Waals surface area (Å²) in [7, 11) is 0. The van der Waals surface area contributed by atoms with E-state index in [2.05, 4.69) is 38.5 Å². The molecule has 2 aromatic heterocycles. The van der Waals surface area contributed by atoms with E-state index in [1.807, 2.05) is 30.5 Å². The van der Waals surface area contributed by atoms with Crippen molar-refractivity contribution in [2.45, 2.75) is 6.42 Å². The summed E-state index contributed by atoms with van der Waals surface area (Å²) in [6.07, 6.45) is 4.50. The first-order valence-corrected chi connectivity index (χ1v) is 10.5. The van der Waals surface area contributed by atoms with Crippen molar-refractivity contribution in [1.82, 2.24) is 15.3 Å². The van der Waals surface area contributed by atoms with E-state index in [9.17, 15) is 4.79 Å². The normalized spacial score (nSPS) is 13.1. The monoisotopic (exact) mass is 413 g/mol. The number of aromatic nitrogens is 2. The van der Waals surface area contributed by atoms with Crippen LogP contribution in [0.15, 0.2) is 59.6 Å². The van der Waals surface area contributed by atoms with Gasteiger partial charge in [-0.3, -0.25) is 9.79 Å². The molecule has 3 heterocycles. The van der Waals surface area contributed by atoms with Gasteiger partial charge in [0.25, 0.3) is 5.91 Å². The Kier molecular flexibility index (Phi) is 4.72. The second-order valence-electron chi connectivity index (χ2n) is 7.07. The number of hydrogen-bond donors (Lipinski definition) is 2. The maximum absolute atomic E-state index is 12.2. The van der Waals surface area contributed by atoms with Crippen molar-refractivity contribution in [1.29, 1.82) is 0 Å². The van der Waals surface area contributed by atoms with Crippen LogP contribution in [0.5, 0.6) is 0 Å². The molecule has 0 aliphatic carbocycles. The number of nitrogens with zero attached hydrogens (tertiary/aromatic N) is 3. The topological polar surface area (TPSA) is 93.3 Å². The second kappa shape index (κ2) is 7.68. The largest absolute Gasteiger partial charge is 0.382 e. The highest BCUT2D eigenvalue weighted by atomic mass is 32.1. The molecule has 0 unspecified atom stereocenters. The Labute approximate surface area is 177 Å². The van der Waals surface area contributed by atoms with Crippen LogP contribution < -0.4 is 11.1 Å². The first kappa shape index (κ1) is 18.4. The predicted molar refractivity (Wildman–Crippen MR) is 123 cm³/mol. The van der Waals surface area contributed by atoms with Gasteiger partial charge in [-0.1, -0.05) is 30.3 Å². The Hall–Kier alpha value is -3.58. The molecule has 0 atom stereocenters. The van der Waals surface area contributed by atoms with Crippen LogP contribution in [0.25, 0.3) is 26.7 Å². The fourth-order valence-corrected chi connectivity index (χ4v) is 4.64. The SMILES string of the molecule is Nc1nc2cc(C3=CC=NC3)ccc2c2sc(CCNC(=O)c3ccccc3)nc12. The third-order valence-electron chi connectivity index (χ3n) is 5.07. The lowest BCUT2D eigenvalue weighted by molar-refractivity contribution is 0.0954. The Morgan fingerprint density at radius 2 is 2.00 bits per heavy atom. The average molecular weight is 414 g/mol. The van der Waals surface area contributed by atoms with Crippen molar-refractivity contribution in [2.75, 3.05) is 18.8 Å². The number of fused-ring (bicyclic) bond motifs is 3. The molecule has 7 heteroatoms. The summed E-state index contributed by atoms with van der Waals surface area (Å²) in [5.74, 6) is 0.350. The summed E-state index contributed by atoms with van der Waals surface area (Å²) in [6, 6.07) is 15.4. The van der Waals surface area contributed by atoms with Crippen LogP contribution in [-0.2, 0) is 6.42 Å². The number of anilines is 1. The Morgan fingerprint density at radius 3 is 2.80 bits per heavy atom. The number of allylic oxidation sites excluding steroid dienone is 1. The number of amides is 1. The third-order valence-corrected chi connectivity index (χ3v) is 6.22. The molecule has 0 radical (unpaired) electrons. The van der Waals surface area contributed by atoms with E-state index < -0.39 is 0 Å². The molecule has 1 amide bonds. The van der Waals surface area contributed by atoms with Crippen LogP contribution in [0.1, 0.15) is 20.9 Å². The molecular weight excluding hydrogens is 394 g/mol. The number of aliphatic imine (C=N–C) groups is 1. The van der Waals surface area contributed by atoms with Gasteiger partial charge in [0.15, 0.2) is 5.82 Å². The van der Waals surface area contributed by atoms with Gasteiger partial charge in [0.2, 0.25) is 0 Å². The quantitative estimate of drug-likeness (QED) is 0.519. The van der Waals surface area contributed by atoms with E-state index in [0.29, 0.717) is 30.9 Å². The number of hydrogen-bond acceptors (Lipinski definition) is 6. The summed E-state index contributed by atoms with van der Waals surface area (Å²) in [5, 5.41) is 4.91. The Morgan fingerprint density at radius 1 is 1.13 bits per heavy atom. The van der Waals surface area contributed by atoms with Crippen molar-refractivity contribution < 1.29 is 4.79 Å². The van der Waals surface area contributed by atoms with Crippen molar-refractivity contribution in [3.8, 4) is 0 Å². The van der Waals surface area contributed by atoms with Gasteiger partial charge < -0.3 is 11.1 Å². The third kappa shape index (κ3) is 3.44. The molecule has 1 aliphatic heterocycles. The van der Waals surface area contributed by atoms with Crippen LogP contribution >= 0.6 is 11.3 Å². The average Bonchev–Trinajstić information content (AvgIpc) is 3.45. The molecule has 0 saturated carbocycles. The number of nitrogens with two attached hydrogens (primary N) is 1. The van der Waals surface area contributed by atoms with Crippen molar-refractivity contribution in [2.24, 2.45) is 4.99 Å². The number of thiazole rings is 1. The summed E-state index contributed by atoms with van der Waals surface area (Å²) in [4.78, 5) is 25.7. The molecule has 148 valence electrons. The van der Waals surface area contributed by atoms with Gasteiger partial charge in [0, 0.05) is 30.1 Å². The fourth-order valence-electron chi connectivity index (χ4n) is 3.53. The van der Waals surface area contributed by atoms with Crippen LogP contribution in [0.4, 0.5) is 5.82 Å². The van der Waals surface area contributed by atoms with E-state index in [-0.39, 0.29) is 5.91 Å². The zero-order valence-electron chi connectivity index (χ0n) is 16.1. The van der Waals surface area contributed by atoms with E-state index in [4.69, 9.17) is 5.73 Å². The number of pyridine rings is 1. The smallest absolute Gasteiger partial charge is 0.251 e. The van der Waals surface area contributed by atoms with Crippen molar-refractivity contribution in [3.05, 3.63) is 70.7 Å². The van der Waals surface area contributed by atoms with Crippen LogP contribution in [-0.4, -0.2) is 35.2 Å². The molecule has 2 aromatic carbocycles. The summed E-state index contributed by atoms with van der Waals surface area (Å²) >= 11 is 1.60. The number of carbonyl (C=O) groups is 1. The first-order chi connectivity index (χ1) is 14.7. The maximum Gasteiger partial charge on any atom is 0.251 e. The predicted octanol–water partition coefficient (Wildman–Crippen LogP) is 3.87.